The third kappa shape index (κ3) is 6.43. The number of anilines is 1. The molecule has 33 heavy (non-hydrogen) atoms. The quantitative estimate of drug-likeness (QED) is 0.347. The minimum absolute atomic E-state index is 0.166. The second-order valence-electron chi connectivity index (χ2n) is 8.35. The second kappa shape index (κ2) is 10.4. The first kappa shape index (κ1) is 23.9. The van der Waals surface area contributed by atoms with E-state index in [4.69, 9.17) is 5.14 Å². The number of ketones is 1. The summed E-state index contributed by atoms with van der Waals surface area (Å²) >= 11 is 1.40. The van der Waals surface area contributed by atoms with Crippen LogP contribution in [0.25, 0.3) is 0 Å². The van der Waals surface area contributed by atoms with Gasteiger partial charge in [-0.3, -0.25) is 13.9 Å². The molecule has 0 unspecified atom stereocenters. The lowest BCUT2D eigenvalue weighted by molar-refractivity contribution is 0.101. The molecule has 1 aliphatic carbocycles. The highest BCUT2D eigenvalue weighted by Gasteiger charge is 2.34. The van der Waals surface area contributed by atoms with Gasteiger partial charge in [0.1, 0.15) is 12.1 Å². The Morgan fingerprint density at radius 3 is 2.97 bits per heavy atom. The van der Waals surface area contributed by atoms with Gasteiger partial charge in [0.05, 0.1) is 23.2 Å². The van der Waals surface area contributed by atoms with Crippen LogP contribution in [0.5, 0.6) is 0 Å². The zero-order valence-corrected chi connectivity index (χ0v) is 19.6. The molecule has 2 aliphatic rings. The van der Waals surface area contributed by atoms with E-state index in [1.807, 2.05) is 11.4 Å². The topological polar surface area (TPSA) is 148 Å². The molecule has 0 saturated heterocycles. The SMILES string of the molecule is NS(=O)(=O)OC[C@H]1C[C@@H](Nc2ncncc2C(=O)c2cc(CN3CC=CCC3)cs2)C[C@@H]1O. The van der Waals surface area contributed by atoms with Crippen LogP contribution < -0.4 is 10.5 Å². The molecule has 1 saturated carbocycles. The summed E-state index contributed by atoms with van der Waals surface area (Å²) in [6.45, 7) is 2.52. The number of thiophene rings is 1. The normalized spacial score (nSPS) is 23.6. The molecule has 0 amide bonds. The van der Waals surface area contributed by atoms with Crippen molar-refractivity contribution in [3.63, 3.8) is 0 Å². The van der Waals surface area contributed by atoms with Crippen LogP contribution in [-0.4, -0.2) is 66.0 Å². The van der Waals surface area contributed by atoms with Gasteiger partial charge < -0.3 is 10.4 Å². The van der Waals surface area contributed by atoms with Gasteiger partial charge in [0.2, 0.25) is 5.78 Å². The van der Waals surface area contributed by atoms with E-state index >= 15 is 0 Å². The minimum atomic E-state index is -4.07. The maximum Gasteiger partial charge on any atom is 0.333 e. The van der Waals surface area contributed by atoms with E-state index in [1.165, 1.54) is 23.9 Å². The van der Waals surface area contributed by atoms with Crippen LogP contribution >= 0.6 is 11.3 Å². The van der Waals surface area contributed by atoms with E-state index in [-0.39, 0.29) is 18.4 Å². The molecule has 4 N–H and O–H groups in total. The number of aliphatic hydroxyl groups excluding tert-OH is 1. The van der Waals surface area contributed by atoms with Gasteiger partial charge >= 0.3 is 10.3 Å². The molecule has 0 radical (unpaired) electrons. The Bertz CT molecular complexity index is 1120. The number of carbonyl (C=O) groups is 1. The van der Waals surface area contributed by atoms with Gasteiger partial charge in [0.15, 0.2) is 0 Å². The summed E-state index contributed by atoms with van der Waals surface area (Å²) in [5, 5.41) is 20.4. The smallest absolute Gasteiger partial charge is 0.333 e. The molecule has 1 fully saturated rings. The predicted molar refractivity (Wildman–Crippen MR) is 124 cm³/mol. The first-order valence-electron chi connectivity index (χ1n) is 10.7. The lowest BCUT2D eigenvalue weighted by Gasteiger charge is -2.22. The Labute approximate surface area is 196 Å². The Hall–Kier alpha value is -2.22. The number of carbonyl (C=O) groups excluding carboxylic acids is 1. The molecular formula is C21H27N5O5S2. The molecule has 3 heterocycles. The van der Waals surface area contributed by atoms with Crippen LogP contribution in [0.15, 0.2) is 36.1 Å². The number of rotatable bonds is 9. The molecular weight excluding hydrogens is 466 g/mol. The Kier molecular flexibility index (Phi) is 7.51. The maximum atomic E-state index is 13.2. The zero-order valence-electron chi connectivity index (χ0n) is 18.0. The van der Waals surface area contributed by atoms with Gasteiger partial charge in [-0.25, -0.2) is 15.1 Å². The molecule has 0 spiro atoms. The largest absolute Gasteiger partial charge is 0.393 e. The van der Waals surface area contributed by atoms with E-state index in [1.54, 1.807) is 0 Å². The van der Waals surface area contributed by atoms with Crippen molar-refractivity contribution in [3.8, 4) is 0 Å². The third-order valence-electron chi connectivity index (χ3n) is 5.83. The highest BCUT2D eigenvalue weighted by Crippen LogP contribution is 2.30. The van der Waals surface area contributed by atoms with Crippen molar-refractivity contribution in [3.05, 3.63) is 52.1 Å². The monoisotopic (exact) mass is 493 g/mol. The van der Waals surface area contributed by atoms with Crippen molar-refractivity contribution in [1.29, 1.82) is 0 Å². The summed E-state index contributed by atoms with van der Waals surface area (Å²) in [7, 11) is -4.07. The Balaban J connectivity index is 1.41. The van der Waals surface area contributed by atoms with Gasteiger partial charge in [-0.05, 0) is 36.3 Å². The third-order valence-corrected chi connectivity index (χ3v) is 7.27. The number of hydrogen-bond acceptors (Lipinski definition) is 10. The molecule has 1 aliphatic heterocycles. The number of hydrogen-bond donors (Lipinski definition) is 3. The van der Waals surface area contributed by atoms with Gasteiger partial charge in [0.25, 0.3) is 0 Å². The first-order chi connectivity index (χ1) is 15.8. The van der Waals surface area contributed by atoms with Crippen LogP contribution in [0.3, 0.4) is 0 Å². The van der Waals surface area contributed by atoms with Crippen LogP contribution in [-0.2, 0) is 21.0 Å². The fourth-order valence-electron chi connectivity index (χ4n) is 4.19. The zero-order chi connectivity index (χ0) is 23.4. The standard InChI is InChI=1S/C21H27N5O5S2/c22-33(29,30)31-11-15-7-16(8-18(15)27)25-21-17(9-23-13-24-21)20(28)19-6-14(12-32-19)10-26-4-2-1-3-5-26/h1-2,6,9,12-13,15-16,18,27H,3-5,7-8,10-11H2,(H2,22,29,30)(H,23,24,25)/t15-,16-,18+/m1/s1. The summed E-state index contributed by atoms with van der Waals surface area (Å²) in [5.41, 5.74) is 1.45. The molecule has 12 heteroatoms. The van der Waals surface area contributed by atoms with Gasteiger partial charge in [-0.2, -0.15) is 8.42 Å². The second-order valence-corrected chi connectivity index (χ2v) is 10.5. The average molecular weight is 494 g/mol. The molecule has 0 bridgehead atoms. The molecule has 178 valence electrons. The Morgan fingerprint density at radius 2 is 2.21 bits per heavy atom. The van der Waals surface area contributed by atoms with E-state index in [0.717, 1.165) is 31.6 Å². The minimum Gasteiger partial charge on any atom is -0.393 e. The number of aromatic nitrogens is 2. The summed E-state index contributed by atoms with van der Waals surface area (Å²) in [4.78, 5) is 24.4. The summed E-state index contributed by atoms with van der Waals surface area (Å²) < 4.78 is 26.7. The van der Waals surface area contributed by atoms with E-state index in [9.17, 15) is 18.3 Å². The molecule has 0 aromatic carbocycles. The number of nitrogens with two attached hydrogens (primary N) is 1. The summed E-state index contributed by atoms with van der Waals surface area (Å²) in [6, 6.07) is 1.71. The fraction of sp³-hybridized carbons (Fsp3) is 0.476. The lowest BCUT2D eigenvalue weighted by atomic mass is 10.1. The van der Waals surface area contributed by atoms with Crippen LogP contribution in [0.1, 0.15) is 40.1 Å². The number of nitrogens with one attached hydrogen (secondary N) is 1. The first-order valence-corrected chi connectivity index (χ1v) is 13.0. The van der Waals surface area contributed by atoms with Crippen molar-refractivity contribution in [2.24, 2.45) is 11.1 Å². The van der Waals surface area contributed by atoms with Crippen molar-refractivity contribution in [1.82, 2.24) is 14.9 Å². The molecule has 4 rings (SSSR count). The fourth-order valence-corrected chi connectivity index (χ4v) is 5.41. The van der Waals surface area contributed by atoms with Crippen molar-refractivity contribution in [2.45, 2.75) is 38.0 Å². The highest BCUT2D eigenvalue weighted by atomic mass is 32.2. The lowest BCUT2D eigenvalue weighted by Crippen LogP contribution is -2.26. The van der Waals surface area contributed by atoms with Crippen molar-refractivity contribution in [2.75, 3.05) is 25.0 Å². The van der Waals surface area contributed by atoms with Gasteiger partial charge in [-0.1, -0.05) is 12.2 Å². The number of nitrogens with zero attached hydrogens (tertiary/aromatic N) is 3. The van der Waals surface area contributed by atoms with E-state index < -0.39 is 22.3 Å². The summed E-state index contributed by atoms with van der Waals surface area (Å²) in [5.74, 6) is -0.178. The molecule has 10 nitrogen and oxygen atoms in total. The highest BCUT2D eigenvalue weighted by molar-refractivity contribution is 7.84. The Morgan fingerprint density at radius 1 is 1.36 bits per heavy atom. The average Bonchev–Trinajstić information content (AvgIpc) is 3.38. The van der Waals surface area contributed by atoms with Crippen LogP contribution in [0, 0.1) is 5.92 Å². The van der Waals surface area contributed by atoms with Crippen molar-refractivity contribution < 1.29 is 22.5 Å². The molecule has 2 aromatic heterocycles. The summed E-state index contributed by atoms with van der Waals surface area (Å²) in [6.07, 6.45) is 8.28. The number of aliphatic hydroxyl groups is 1. The van der Waals surface area contributed by atoms with E-state index in [0.29, 0.717) is 29.1 Å². The van der Waals surface area contributed by atoms with Gasteiger partial charge in [-0.15, -0.1) is 11.3 Å². The molecule has 3 atom stereocenters. The van der Waals surface area contributed by atoms with Crippen molar-refractivity contribution >= 4 is 33.2 Å². The van der Waals surface area contributed by atoms with E-state index in [2.05, 4.69) is 36.5 Å². The molecule has 2 aromatic rings. The maximum absolute atomic E-state index is 13.2. The predicted octanol–water partition coefficient (Wildman–Crippen LogP) is 1.30. The van der Waals surface area contributed by atoms with Crippen LogP contribution in [0.2, 0.25) is 0 Å². The van der Waals surface area contributed by atoms with Gasteiger partial charge in [0, 0.05) is 37.8 Å². The van der Waals surface area contributed by atoms with Crippen LogP contribution in [0.4, 0.5) is 5.82 Å².